The van der Waals surface area contributed by atoms with Crippen LogP contribution >= 0.6 is 0 Å². The van der Waals surface area contributed by atoms with Gasteiger partial charge in [0.25, 0.3) is 5.79 Å². The van der Waals surface area contributed by atoms with Crippen molar-refractivity contribution < 1.29 is 104 Å². The molecule has 18 unspecified atom stereocenters. The molecular weight excluding hydrogens is 1490 g/mol. The molecular formula is C94H178N2O21. The fourth-order valence-corrected chi connectivity index (χ4v) is 17.1. The number of hydrogen-bond donors (Lipinski definition) is 14. The van der Waals surface area contributed by atoms with Crippen molar-refractivity contribution in [2.45, 2.75) is 542 Å². The Kier molecular flexibility index (Phi) is 66.6. The highest BCUT2D eigenvalue weighted by Gasteiger charge is 2.60. The van der Waals surface area contributed by atoms with Crippen LogP contribution in [0, 0.1) is 0 Å². The Hall–Kier alpha value is -2.53. The monoisotopic (exact) mass is 1670 g/mol. The summed E-state index contributed by atoms with van der Waals surface area (Å²) in [6.07, 6.45) is 55.2. The van der Waals surface area contributed by atoms with Gasteiger partial charge >= 0.3 is 5.97 Å². The van der Waals surface area contributed by atoms with Crippen molar-refractivity contribution >= 4 is 17.8 Å². The van der Waals surface area contributed by atoms with Gasteiger partial charge in [0.15, 0.2) is 12.6 Å². The van der Waals surface area contributed by atoms with Crippen molar-refractivity contribution in [1.29, 1.82) is 0 Å². The van der Waals surface area contributed by atoms with Gasteiger partial charge < -0.3 is 100 Å². The molecule has 2 amide bonds. The molecule has 3 saturated heterocycles. The number of aliphatic carboxylic acids is 1. The summed E-state index contributed by atoms with van der Waals surface area (Å²) in [5, 5.41) is 137. The lowest BCUT2D eigenvalue weighted by Crippen LogP contribution is -2.70. The van der Waals surface area contributed by atoms with Crippen LogP contribution in [0.1, 0.15) is 432 Å². The van der Waals surface area contributed by atoms with Gasteiger partial charge in [-0.2, -0.15) is 0 Å². The van der Waals surface area contributed by atoms with E-state index < -0.39 is 148 Å². The summed E-state index contributed by atoms with van der Waals surface area (Å²) in [6.45, 7) is 2.30. The standard InChI is InChI=1S/C94H178N2O21/c1-4-6-8-10-12-14-16-18-20-22-24-26-28-30-31-32-33-34-35-36-37-38-39-40-41-42-43-44-46-48-50-52-54-56-58-60-62-64-66-68-81(104)96-75(76(101)67-65-63-61-59-57-55-53-51-49-47-45-29-27-25-23-21-19-17-15-13-11-9-7-5-2)73-112-91-86(108)85(107)88(80(72-99)114-91)115-92-87(109)90(84(106)79(71-98)113-92)117-94(93(110)111)69-77(102)82(95-74(3)100)89(116-94)83(105)78(103)70-97/h36-37,75-80,82-92,97-99,101-103,105-109H,4-35,38-73H2,1-3H3,(H,95,100)(H,96,104)(H,110,111)/b37-36-. The lowest BCUT2D eigenvalue weighted by Gasteiger charge is -2.50. The van der Waals surface area contributed by atoms with Crippen LogP contribution < -0.4 is 10.6 Å². The molecule has 0 aliphatic carbocycles. The zero-order valence-corrected chi connectivity index (χ0v) is 74.1. The highest BCUT2D eigenvalue weighted by Crippen LogP contribution is 2.39. The third kappa shape index (κ3) is 49.7. The van der Waals surface area contributed by atoms with E-state index in [1.165, 1.54) is 327 Å². The number of carboxylic acid groups (broad SMARTS) is 1. The SMILES string of the molecule is CCCCCCCCCCCCCCCCCCCC/C=C\CCCCCCCCCCCCCCCCCCCC(=O)NC(COC1OC(CO)C(OC2OC(CO)C(O)C(OC3(C(=O)O)CC(O)C(NC(C)=O)C(C(O)C(O)CO)O3)C2O)C(O)C1O)C(O)CCCCCCCCCCCCCCCCCCCCCCCCCC. The number of rotatable bonds is 80. The lowest BCUT2D eigenvalue weighted by atomic mass is 9.88. The molecule has 3 aliphatic rings. The fraction of sp³-hybridized carbons (Fsp3) is 0.947. The molecule has 0 spiro atoms. The molecule has 23 heteroatoms. The molecule has 3 fully saturated rings. The minimum atomic E-state index is -3.08. The Morgan fingerprint density at radius 2 is 0.795 bits per heavy atom. The highest BCUT2D eigenvalue weighted by molar-refractivity contribution is 5.77. The number of amides is 2. The quantitative estimate of drug-likeness (QED) is 0.0199. The Morgan fingerprint density at radius 1 is 0.436 bits per heavy atom. The molecule has 3 rings (SSSR count). The molecule has 0 radical (unpaired) electrons. The Morgan fingerprint density at radius 3 is 1.15 bits per heavy atom. The van der Waals surface area contributed by atoms with Crippen molar-refractivity contribution in [3.8, 4) is 0 Å². The highest BCUT2D eigenvalue weighted by atomic mass is 16.8. The first kappa shape index (κ1) is 109. The zero-order chi connectivity index (χ0) is 85.2. The van der Waals surface area contributed by atoms with Crippen LogP contribution in [0.15, 0.2) is 12.2 Å². The van der Waals surface area contributed by atoms with Gasteiger partial charge in [-0.05, 0) is 38.5 Å². The second-order valence-corrected chi connectivity index (χ2v) is 35.3. The van der Waals surface area contributed by atoms with Crippen molar-refractivity contribution in [3.05, 3.63) is 12.2 Å². The molecule has 18 atom stereocenters. The van der Waals surface area contributed by atoms with Crippen LogP contribution in [0.4, 0.5) is 0 Å². The number of hydrogen-bond acceptors (Lipinski definition) is 20. The van der Waals surface area contributed by atoms with Crippen LogP contribution in [0.5, 0.6) is 0 Å². The molecule has 14 N–H and O–H groups in total. The van der Waals surface area contributed by atoms with Gasteiger partial charge in [-0.1, -0.05) is 386 Å². The summed E-state index contributed by atoms with van der Waals surface area (Å²) in [7, 11) is 0. The first-order valence-electron chi connectivity index (χ1n) is 48.5. The Bertz CT molecular complexity index is 2350. The number of aliphatic hydroxyl groups excluding tert-OH is 11. The van der Waals surface area contributed by atoms with Crippen LogP contribution in [-0.4, -0.2) is 215 Å². The van der Waals surface area contributed by atoms with E-state index in [1.807, 2.05) is 0 Å². The van der Waals surface area contributed by atoms with Gasteiger partial charge in [0.1, 0.15) is 67.1 Å². The molecule has 0 aromatic rings. The molecule has 0 bridgehead atoms. The van der Waals surface area contributed by atoms with Crippen LogP contribution in [0.25, 0.3) is 0 Å². The minimum absolute atomic E-state index is 0.228. The Balaban J connectivity index is 1.39. The van der Waals surface area contributed by atoms with E-state index >= 15 is 0 Å². The zero-order valence-electron chi connectivity index (χ0n) is 74.1. The van der Waals surface area contributed by atoms with Gasteiger partial charge in [0.2, 0.25) is 11.8 Å². The van der Waals surface area contributed by atoms with Crippen LogP contribution in [0.3, 0.4) is 0 Å². The van der Waals surface area contributed by atoms with E-state index in [2.05, 4.69) is 36.6 Å². The molecule has 23 nitrogen and oxygen atoms in total. The topological polar surface area (TPSA) is 373 Å². The average molecular weight is 1670 g/mol. The maximum atomic E-state index is 13.6. The molecule has 3 aliphatic heterocycles. The molecule has 0 aromatic carbocycles. The predicted molar refractivity (Wildman–Crippen MR) is 463 cm³/mol. The maximum absolute atomic E-state index is 13.6. The van der Waals surface area contributed by atoms with Crippen molar-refractivity contribution in [1.82, 2.24) is 10.6 Å². The number of nitrogens with one attached hydrogen (secondary N) is 2. The van der Waals surface area contributed by atoms with Crippen molar-refractivity contribution in [2.75, 3.05) is 26.4 Å². The molecule has 3 heterocycles. The summed E-state index contributed by atoms with van der Waals surface area (Å²) in [5.41, 5.74) is 0. The molecule has 0 aromatic heterocycles. The third-order valence-corrected chi connectivity index (χ3v) is 24.7. The summed E-state index contributed by atoms with van der Waals surface area (Å²) in [6, 6.07) is -2.53. The fourth-order valence-electron chi connectivity index (χ4n) is 17.1. The second kappa shape index (κ2) is 71.7. The summed E-state index contributed by atoms with van der Waals surface area (Å²) in [5.74, 6) is -6.09. The lowest BCUT2D eigenvalue weighted by molar-refractivity contribution is -0.386. The van der Waals surface area contributed by atoms with Gasteiger partial charge in [-0.3, -0.25) is 9.59 Å². The largest absolute Gasteiger partial charge is 0.477 e. The first-order valence-corrected chi connectivity index (χ1v) is 48.5. The second-order valence-electron chi connectivity index (χ2n) is 35.3. The van der Waals surface area contributed by atoms with Crippen molar-refractivity contribution in [2.24, 2.45) is 0 Å². The number of carboxylic acids is 1. The van der Waals surface area contributed by atoms with Gasteiger partial charge in [0, 0.05) is 19.8 Å². The number of carbonyl (C=O) groups excluding carboxylic acids is 2. The van der Waals surface area contributed by atoms with E-state index in [0.717, 1.165) is 58.3 Å². The van der Waals surface area contributed by atoms with Gasteiger partial charge in [-0.15, -0.1) is 0 Å². The summed E-state index contributed by atoms with van der Waals surface area (Å²) < 4.78 is 35.1. The molecule has 117 heavy (non-hydrogen) atoms. The normalized spacial score (nSPS) is 24.8. The number of unbranched alkanes of at least 4 members (excludes halogenated alkanes) is 58. The number of allylic oxidation sites excluding steroid dienone is 2. The van der Waals surface area contributed by atoms with E-state index in [0.29, 0.717) is 19.3 Å². The van der Waals surface area contributed by atoms with E-state index in [-0.39, 0.29) is 18.9 Å². The summed E-state index contributed by atoms with van der Waals surface area (Å²) in [4.78, 5) is 38.9. The van der Waals surface area contributed by atoms with Gasteiger partial charge in [-0.25, -0.2) is 4.79 Å². The van der Waals surface area contributed by atoms with E-state index in [4.69, 9.17) is 28.4 Å². The first-order chi connectivity index (χ1) is 56.9. The predicted octanol–water partition coefficient (Wildman–Crippen LogP) is 16.8. The molecule has 690 valence electrons. The number of ether oxygens (including phenoxy) is 6. The average Bonchev–Trinajstić information content (AvgIpc) is 0.751. The van der Waals surface area contributed by atoms with E-state index in [9.17, 15) is 75.7 Å². The maximum Gasteiger partial charge on any atom is 0.364 e. The smallest absolute Gasteiger partial charge is 0.364 e. The molecule has 0 saturated carbocycles. The van der Waals surface area contributed by atoms with E-state index in [1.54, 1.807) is 0 Å². The minimum Gasteiger partial charge on any atom is -0.477 e. The van der Waals surface area contributed by atoms with Crippen LogP contribution in [0.2, 0.25) is 0 Å². The number of carbonyl (C=O) groups is 3. The summed E-state index contributed by atoms with van der Waals surface area (Å²) >= 11 is 0. The van der Waals surface area contributed by atoms with Crippen LogP contribution in [-0.2, 0) is 42.8 Å². The Labute approximate surface area is 709 Å². The third-order valence-electron chi connectivity index (χ3n) is 24.7. The van der Waals surface area contributed by atoms with Gasteiger partial charge in [0.05, 0.1) is 50.7 Å². The van der Waals surface area contributed by atoms with Crippen molar-refractivity contribution in [3.63, 3.8) is 0 Å². The number of aliphatic hydroxyl groups is 11.